The summed E-state index contributed by atoms with van der Waals surface area (Å²) in [4.78, 5) is 0. The van der Waals surface area contributed by atoms with Crippen LogP contribution in [0.5, 0.6) is 5.75 Å². The van der Waals surface area contributed by atoms with Gasteiger partial charge < -0.3 is 15.2 Å². The minimum atomic E-state index is 0.111. The molecule has 0 amide bonds. The zero-order valence-corrected chi connectivity index (χ0v) is 12.7. The summed E-state index contributed by atoms with van der Waals surface area (Å²) in [5.41, 5.74) is 1.37. The second kappa shape index (κ2) is 7.09. The van der Waals surface area contributed by atoms with Crippen molar-refractivity contribution in [3.05, 3.63) is 29.8 Å². The van der Waals surface area contributed by atoms with Crippen molar-refractivity contribution >= 4 is 0 Å². The van der Waals surface area contributed by atoms with Crippen LogP contribution in [-0.2, 0) is 0 Å². The van der Waals surface area contributed by atoms with Gasteiger partial charge in [0.1, 0.15) is 5.75 Å². The summed E-state index contributed by atoms with van der Waals surface area (Å²) in [6.07, 6.45) is 4.79. The van der Waals surface area contributed by atoms with Crippen molar-refractivity contribution in [3.8, 4) is 5.75 Å². The van der Waals surface area contributed by atoms with E-state index >= 15 is 0 Å². The van der Waals surface area contributed by atoms with Gasteiger partial charge in [0.15, 0.2) is 0 Å². The summed E-state index contributed by atoms with van der Waals surface area (Å²) in [6.45, 7) is 6.07. The van der Waals surface area contributed by atoms with Gasteiger partial charge in [-0.3, -0.25) is 0 Å². The lowest BCUT2D eigenvalue weighted by Gasteiger charge is -2.29. The highest BCUT2D eigenvalue weighted by molar-refractivity contribution is 5.28. The normalized spacial score (nSPS) is 18.9. The lowest BCUT2D eigenvalue weighted by molar-refractivity contribution is 0.125. The molecule has 0 aromatic heterocycles. The van der Waals surface area contributed by atoms with Crippen LogP contribution in [0.1, 0.15) is 51.1 Å². The Morgan fingerprint density at radius 3 is 2.45 bits per heavy atom. The van der Waals surface area contributed by atoms with Crippen LogP contribution in [-0.4, -0.2) is 24.9 Å². The Bertz CT molecular complexity index is 396. The van der Waals surface area contributed by atoms with Gasteiger partial charge in [0.05, 0.1) is 6.61 Å². The Balaban J connectivity index is 1.89. The topological polar surface area (TPSA) is 41.5 Å². The summed E-state index contributed by atoms with van der Waals surface area (Å²) in [6, 6.07) is 8.57. The molecule has 20 heavy (non-hydrogen) atoms. The number of hydrogen-bond donors (Lipinski definition) is 2. The maximum absolute atomic E-state index is 9.64. The lowest BCUT2D eigenvalue weighted by Crippen LogP contribution is -2.36. The molecule has 1 aliphatic carbocycles. The first kappa shape index (κ1) is 15.3. The molecule has 1 aliphatic rings. The molecule has 0 heterocycles. The molecule has 1 aromatic rings. The molecule has 1 atom stereocenters. The van der Waals surface area contributed by atoms with Crippen LogP contribution in [0.3, 0.4) is 0 Å². The van der Waals surface area contributed by atoms with Crippen molar-refractivity contribution in [1.29, 1.82) is 0 Å². The Hall–Kier alpha value is -1.06. The summed E-state index contributed by atoms with van der Waals surface area (Å²) < 4.78 is 5.46. The third-order valence-corrected chi connectivity index (χ3v) is 4.47. The first-order chi connectivity index (χ1) is 9.69. The molecule has 0 saturated heterocycles. The molecule has 1 fully saturated rings. The van der Waals surface area contributed by atoms with Crippen LogP contribution in [0.25, 0.3) is 0 Å². The second-order valence-corrected chi connectivity index (χ2v) is 5.97. The Labute approximate surface area is 122 Å². The number of ether oxygens (including phenoxy) is 1. The van der Waals surface area contributed by atoms with Crippen LogP contribution >= 0.6 is 0 Å². The van der Waals surface area contributed by atoms with Crippen LogP contribution in [0.15, 0.2) is 24.3 Å². The molecular formula is C17H27NO2. The first-order valence-corrected chi connectivity index (χ1v) is 7.76. The largest absolute Gasteiger partial charge is 0.494 e. The Kier molecular flexibility index (Phi) is 5.44. The molecule has 2 rings (SSSR count). The van der Waals surface area contributed by atoms with Crippen molar-refractivity contribution in [2.24, 2.45) is 5.41 Å². The van der Waals surface area contributed by atoms with E-state index in [9.17, 15) is 5.11 Å². The van der Waals surface area contributed by atoms with Gasteiger partial charge in [0.25, 0.3) is 0 Å². The van der Waals surface area contributed by atoms with Gasteiger partial charge in [-0.2, -0.15) is 0 Å². The highest BCUT2D eigenvalue weighted by Crippen LogP contribution is 2.37. The smallest absolute Gasteiger partial charge is 0.119 e. The van der Waals surface area contributed by atoms with Crippen molar-refractivity contribution in [2.75, 3.05) is 19.8 Å². The van der Waals surface area contributed by atoms with Crippen molar-refractivity contribution in [2.45, 2.75) is 45.6 Å². The molecule has 0 aliphatic heterocycles. The van der Waals surface area contributed by atoms with E-state index in [1.807, 2.05) is 19.1 Å². The SMILES string of the molecule is CCOc1ccc(C(C)NCC2(CO)CCCC2)cc1. The molecule has 3 nitrogen and oxygen atoms in total. The van der Waals surface area contributed by atoms with E-state index < -0.39 is 0 Å². The zero-order valence-electron chi connectivity index (χ0n) is 12.7. The minimum absolute atomic E-state index is 0.111. The number of nitrogens with one attached hydrogen (secondary N) is 1. The predicted octanol–water partition coefficient (Wildman–Crippen LogP) is 3.29. The van der Waals surface area contributed by atoms with Gasteiger partial charge in [-0.15, -0.1) is 0 Å². The number of rotatable bonds is 7. The molecule has 2 N–H and O–H groups in total. The number of aliphatic hydroxyl groups excluding tert-OH is 1. The van der Waals surface area contributed by atoms with Crippen molar-refractivity contribution < 1.29 is 9.84 Å². The summed E-state index contributed by atoms with van der Waals surface area (Å²) >= 11 is 0. The van der Waals surface area contributed by atoms with E-state index in [0.717, 1.165) is 25.1 Å². The van der Waals surface area contributed by atoms with E-state index in [1.165, 1.54) is 18.4 Å². The summed E-state index contributed by atoms with van der Waals surface area (Å²) in [7, 11) is 0. The van der Waals surface area contributed by atoms with Crippen LogP contribution in [0.2, 0.25) is 0 Å². The van der Waals surface area contributed by atoms with Crippen LogP contribution < -0.4 is 10.1 Å². The fourth-order valence-electron chi connectivity index (χ4n) is 3.02. The summed E-state index contributed by atoms with van der Waals surface area (Å²) in [5, 5.41) is 13.2. The fourth-order valence-corrected chi connectivity index (χ4v) is 3.02. The lowest BCUT2D eigenvalue weighted by atomic mass is 9.87. The predicted molar refractivity (Wildman–Crippen MR) is 82.0 cm³/mol. The van der Waals surface area contributed by atoms with Crippen LogP contribution in [0, 0.1) is 5.41 Å². The number of aliphatic hydroxyl groups is 1. The number of hydrogen-bond acceptors (Lipinski definition) is 3. The highest BCUT2D eigenvalue weighted by atomic mass is 16.5. The maximum atomic E-state index is 9.64. The summed E-state index contributed by atoms with van der Waals surface area (Å²) in [5.74, 6) is 0.922. The first-order valence-electron chi connectivity index (χ1n) is 7.76. The molecular weight excluding hydrogens is 250 g/mol. The molecule has 1 unspecified atom stereocenters. The van der Waals surface area contributed by atoms with Crippen LogP contribution in [0.4, 0.5) is 0 Å². The number of benzene rings is 1. The van der Waals surface area contributed by atoms with Crippen molar-refractivity contribution in [3.63, 3.8) is 0 Å². The molecule has 0 bridgehead atoms. The monoisotopic (exact) mass is 277 g/mol. The van der Waals surface area contributed by atoms with Gasteiger partial charge in [0.2, 0.25) is 0 Å². The van der Waals surface area contributed by atoms with Gasteiger partial charge in [-0.25, -0.2) is 0 Å². The van der Waals surface area contributed by atoms with Gasteiger partial charge in [-0.05, 0) is 44.4 Å². The molecule has 1 aromatic carbocycles. The second-order valence-electron chi connectivity index (χ2n) is 5.97. The van der Waals surface area contributed by atoms with Gasteiger partial charge in [-0.1, -0.05) is 25.0 Å². The molecule has 3 heteroatoms. The van der Waals surface area contributed by atoms with E-state index in [0.29, 0.717) is 19.3 Å². The van der Waals surface area contributed by atoms with E-state index in [1.54, 1.807) is 0 Å². The zero-order chi connectivity index (χ0) is 14.4. The minimum Gasteiger partial charge on any atom is -0.494 e. The fraction of sp³-hybridized carbons (Fsp3) is 0.647. The third-order valence-electron chi connectivity index (χ3n) is 4.47. The highest BCUT2D eigenvalue weighted by Gasteiger charge is 2.33. The van der Waals surface area contributed by atoms with E-state index in [2.05, 4.69) is 24.4 Å². The maximum Gasteiger partial charge on any atom is 0.119 e. The quantitative estimate of drug-likeness (QED) is 0.803. The standard InChI is InChI=1S/C17H27NO2/c1-3-20-16-8-6-15(7-9-16)14(2)18-12-17(13-19)10-4-5-11-17/h6-9,14,18-19H,3-5,10-13H2,1-2H3. The average Bonchev–Trinajstić information content (AvgIpc) is 2.95. The Morgan fingerprint density at radius 2 is 1.90 bits per heavy atom. The molecule has 1 saturated carbocycles. The van der Waals surface area contributed by atoms with E-state index in [4.69, 9.17) is 4.74 Å². The molecule has 0 spiro atoms. The van der Waals surface area contributed by atoms with E-state index in [-0.39, 0.29) is 5.41 Å². The average molecular weight is 277 g/mol. The van der Waals surface area contributed by atoms with Gasteiger partial charge in [0, 0.05) is 24.6 Å². The Morgan fingerprint density at radius 1 is 1.25 bits per heavy atom. The van der Waals surface area contributed by atoms with Gasteiger partial charge >= 0.3 is 0 Å². The molecule has 112 valence electrons. The molecule has 0 radical (unpaired) electrons. The third kappa shape index (κ3) is 3.74. The van der Waals surface area contributed by atoms with Crippen molar-refractivity contribution in [1.82, 2.24) is 5.32 Å².